The molecule has 0 aromatic heterocycles. The maximum atomic E-state index is 12.9. The van der Waals surface area contributed by atoms with Crippen molar-refractivity contribution in [3.63, 3.8) is 0 Å². The van der Waals surface area contributed by atoms with E-state index in [0.717, 1.165) is 5.56 Å². The van der Waals surface area contributed by atoms with E-state index in [0.29, 0.717) is 0 Å². The van der Waals surface area contributed by atoms with Crippen molar-refractivity contribution >= 4 is 19.9 Å². The summed E-state index contributed by atoms with van der Waals surface area (Å²) in [7, 11) is -7.57. The van der Waals surface area contributed by atoms with E-state index in [-0.39, 0.29) is 34.2 Å². The molecule has 0 fully saturated rings. The van der Waals surface area contributed by atoms with Crippen molar-refractivity contribution in [1.29, 1.82) is 0 Å². The molecule has 28 heavy (non-hydrogen) atoms. The molecule has 0 N–H and O–H groups in total. The highest BCUT2D eigenvalue weighted by atomic mass is 32.2. The fraction of sp³-hybridized carbons (Fsp3) is 0.190. The van der Waals surface area contributed by atoms with Gasteiger partial charge in [0.15, 0.2) is 0 Å². The third kappa shape index (κ3) is 4.88. The van der Waals surface area contributed by atoms with Crippen LogP contribution in [-0.2, 0) is 19.9 Å². The van der Waals surface area contributed by atoms with Gasteiger partial charge in [-0.1, -0.05) is 48.6 Å². The summed E-state index contributed by atoms with van der Waals surface area (Å²) in [6.07, 6.45) is 1.42. The summed E-state index contributed by atoms with van der Waals surface area (Å²) in [6, 6.07) is 14.4. The van der Waals surface area contributed by atoms with Crippen LogP contribution in [0.1, 0.15) is 12.0 Å². The zero-order chi connectivity index (χ0) is 20.8. The van der Waals surface area contributed by atoms with Gasteiger partial charge >= 0.3 is 0 Å². The van der Waals surface area contributed by atoms with Gasteiger partial charge in [0.1, 0.15) is 0 Å². The van der Waals surface area contributed by atoms with Gasteiger partial charge in [0.05, 0.1) is 14.7 Å². The highest BCUT2D eigenvalue weighted by Crippen LogP contribution is 2.23. The van der Waals surface area contributed by atoms with Gasteiger partial charge in [-0.15, -0.1) is 12.3 Å². The van der Waals surface area contributed by atoms with Crippen molar-refractivity contribution in [3.05, 3.63) is 90.0 Å². The fourth-order valence-electron chi connectivity index (χ4n) is 2.60. The van der Waals surface area contributed by atoms with Crippen molar-refractivity contribution in [2.24, 2.45) is 0 Å². The third-order valence-corrected chi connectivity index (χ3v) is 7.92. The molecule has 0 saturated carbocycles. The largest absolute Gasteiger partial charge is 0.243 e. The Labute approximate surface area is 167 Å². The highest BCUT2D eigenvalue weighted by molar-refractivity contribution is 7.95. The van der Waals surface area contributed by atoms with Crippen LogP contribution in [0.4, 0.5) is 0 Å². The Bertz CT molecular complexity index is 1080. The van der Waals surface area contributed by atoms with E-state index in [9.17, 15) is 16.8 Å². The van der Waals surface area contributed by atoms with Crippen LogP contribution < -0.4 is 0 Å². The fourth-order valence-corrected chi connectivity index (χ4v) is 5.36. The quantitative estimate of drug-likeness (QED) is 0.461. The molecule has 7 heteroatoms. The lowest BCUT2D eigenvalue weighted by Gasteiger charge is -2.21. The van der Waals surface area contributed by atoms with Crippen molar-refractivity contribution in [2.75, 3.05) is 13.1 Å². The Hall–Kier alpha value is -2.44. The zero-order valence-corrected chi connectivity index (χ0v) is 17.3. The molecule has 2 aromatic rings. The van der Waals surface area contributed by atoms with Crippen LogP contribution in [0, 0.1) is 6.92 Å². The van der Waals surface area contributed by atoms with E-state index in [4.69, 9.17) is 0 Å². The number of benzene rings is 2. The summed E-state index contributed by atoms with van der Waals surface area (Å²) in [5, 5.41) is 0. The van der Waals surface area contributed by atoms with E-state index < -0.39 is 19.9 Å². The molecule has 0 aliphatic heterocycles. The number of nitrogens with zero attached hydrogens (tertiary/aromatic N) is 1. The summed E-state index contributed by atoms with van der Waals surface area (Å²) >= 11 is 0. The minimum atomic E-state index is -3.79. The molecule has 0 heterocycles. The monoisotopic (exact) mass is 417 g/mol. The van der Waals surface area contributed by atoms with Crippen molar-refractivity contribution < 1.29 is 16.8 Å². The van der Waals surface area contributed by atoms with Gasteiger partial charge < -0.3 is 0 Å². The van der Waals surface area contributed by atoms with Crippen LogP contribution in [0.3, 0.4) is 0 Å². The van der Waals surface area contributed by atoms with Gasteiger partial charge in [0, 0.05) is 19.5 Å². The van der Waals surface area contributed by atoms with E-state index >= 15 is 0 Å². The van der Waals surface area contributed by atoms with Crippen molar-refractivity contribution in [1.82, 2.24) is 4.31 Å². The number of hydrogen-bond donors (Lipinski definition) is 0. The Morgan fingerprint density at radius 2 is 1.61 bits per heavy atom. The molecule has 0 spiro atoms. The average Bonchev–Trinajstić information content (AvgIpc) is 2.68. The molecule has 148 valence electrons. The van der Waals surface area contributed by atoms with E-state index in [1.807, 2.05) is 6.92 Å². The van der Waals surface area contributed by atoms with Crippen LogP contribution in [0.5, 0.6) is 0 Å². The molecule has 0 radical (unpaired) electrons. The van der Waals surface area contributed by atoms with Crippen LogP contribution in [-0.4, -0.2) is 34.2 Å². The second-order valence-corrected chi connectivity index (χ2v) is 10.0. The average molecular weight is 418 g/mol. The Kier molecular flexibility index (Phi) is 7.16. The second kappa shape index (κ2) is 9.17. The molecular formula is C21H23NO4S2. The summed E-state index contributed by atoms with van der Waals surface area (Å²) in [5.74, 6) is 0. The Morgan fingerprint density at radius 1 is 1.00 bits per heavy atom. The number of aryl methyl sites for hydroxylation is 1. The Balaban J connectivity index is 2.28. The smallest absolute Gasteiger partial charge is 0.218 e. The van der Waals surface area contributed by atoms with E-state index in [1.54, 1.807) is 30.3 Å². The Morgan fingerprint density at radius 3 is 2.14 bits per heavy atom. The molecular weight excluding hydrogens is 394 g/mol. The summed E-state index contributed by atoms with van der Waals surface area (Å²) < 4.78 is 52.6. The second-order valence-electron chi connectivity index (χ2n) is 6.13. The molecule has 0 saturated heterocycles. The van der Waals surface area contributed by atoms with E-state index in [2.05, 4.69) is 18.9 Å². The van der Waals surface area contributed by atoms with Gasteiger partial charge in [-0.05, 0) is 31.2 Å². The first-order valence-corrected chi connectivity index (χ1v) is 11.5. The molecule has 2 rings (SSSR count). The van der Waals surface area contributed by atoms with Crippen LogP contribution in [0.2, 0.25) is 0 Å². The standard InChI is InChI=1S/C21H23NO4S2/c1-4-16-22(28(25,26)21-13-11-18(3)12-14-21)17-15-19(5-2)27(23,24)20-9-7-6-8-10-20/h4,6-14H,1-2,15-17H2,3H3. The lowest BCUT2D eigenvalue weighted by Crippen LogP contribution is -2.32. The first-order valence-electron chi connectivity index (χ1n) is 8.60. The molecule has 0 aliphatic carbocycles. The van der Waals surface area contributed by atoms with E-state index in [1.165, 1.54) is 34.6 Å². The molecule has 5 nitrogen and oxygen atoms in total. The predicted octanol–water partition coefficient (Wildman–Crippen LogP) is 3.70. The first-order chi connectivity index (χ1) is 13.2. The molecule has 0 amide bonds. The molecule has 0 unspecified atom stereocenters. The molecule has 0 atom stereocenters. The number of hydrogen-bond acceptors (Lipinski definition) is 4. The van der Waals surface area contributed by atoms with Gasteiger partial charge in [-0.2, -0.15) is 4.31 Å². The lowest BCUT2D eigenvalue weighted by molar-refractivity contribution is 0.446. The van der Waals surface area contributed by atoms with Gasteiger partial charge in [0.2, 0.25) is 19.9 Å². The SMILES string of the molecule is C=C=C(CCN(CC=C)S(=O)(=O)c1ccc(C)cc1)S(=O)(=O)c1ccccc1. The van der Waals surface area contributed by atoms with Gasteiger partial charge in [-0.25, -0.2) is 16.8 Å². The minimum absolute atomic E-state index is 0.0356. The normalized spacial score (nSPS) is 11.8. The third-order valence-electron chi connectivity index (χ3n) is 4.15. The van der Waals surface area contributed by atoms with Crippen LogP contribution in [0.25, 0.3) is 0 Å². The van der Waals surface area contributed by atoms with Gasteiger partial charge in [0.25, 0.3) is 0 Å². The summed E-state index contributed by atoms with van der Waals surface area (Å²) in [4.78, 5) is 0.222. The number of rotatable bonds is 9. The first kappa shape index (κ1) is 21.9. The summed E-state index contributed by atoms with van der Waals surface area (Å²) in [5.41, 5.74) is 3.41. The number of sulfone groups is 1. The van der Waals surface area contributed by atoms with Gasteiger partial charge in [-0.3, -0.25) is 0 Å². The zero-order valence-electron chi connectivity index (χ0n) is 15.7. The number of sulfonamides is 1. The summed E-state index contributed by atoms with van der Waals surface area (Å²) in [6.45, 7) is 8.98. The maximum absolute atomic E-state index is 12.9. The predicted molar refractivity (Wildman–Crippen MR) is 111 cm³/mol. The van der Waals surface area contributed by atoms with Crippen LogP contribution >= 0.6 is 0 Å². The minimum Gasteiger partial charge on any atom is -0.218 e. The topological polar surface area (TPSA) is 71.5 Å². The maximum Gasteiger partial charge on any atom is 0.243 e. The van der Waals surface area contributed by atoms with Crippen molar-refractivity contribution in [3.8, 4) is 0 Å². The van der Waals surface area contributed by atoms with Crippen molar-refractivity contribution in [2.45, 2.75) is 23.1 Å². The molecule has 0 bridgehead atoms. The van der Waals surface area contributed by atoms with Crippen LogP contribution in [0.15, 0.2) is 94.3 Å². The molecule has 0 aliphatic rings. The highest BCUT2D eigenvalue weighted by Gasteiger charge is 2.26. The lowest BCUT2D eigenvalue weighted by atomic mass is 10.2. The molecule has 2 aromatic carbocycles.